The van der Waals surface area contributed by atoms with Gasteiger partial charge in [-0.05, 0) is 23.8 Å². The number of carbonyl (C=O) groups is 3. The second-order valence-electron chi connectivity index (χ2n) is 5.03. The van der Waals surface area contributed by atoms with Crippen molar-refractivity contribution >= 4 is 39.5 Å². The van der Waals surface area contributed by atoms with E-state index in [1.54, 1.807) is 18.2 Å². The number of hydrogen-bond acceptors (Lipinski definition) is 4. The summed E-state index contributed by atoms with van der Waals surface area (Å²) in [6, 6.07) is 7.35. The van der Waals surface area contributed by atoms with Crippen LogP contribution in [-0.4, -0.2) is 35.4 Å². The van der Waals surface area contributed by atoms with Gasteiger partial charge in [0.1, 0.15) is 18.3 Å². The fourth-order valence-corrected chi connectivity index (χ4v) is 2.50. The van der Waals surface area contributed by atoms with Gasteiger partial charge in [-0.25, -0.2) is 4.79 Å². The van der Waals surface area contributed by atoms with Crippen LogP contribution >= 0.6 is 15.9 Å². The number of carboxylic acids is 1. The molecule has 0 heterocycles. The average molecular weight is 379 g/mol. The lowest BCUT2D eigenvalue weighted by atomic mass is 9.86. The van der Waals surface area contributed by atoms with Gasteiger partial charge in [0.2, 0.25) is 0 Å². The fourth-order valence-electron chi connectivity index (χ4n) is 2.24. The smallest absolute Gasteiger partial charge is 0.329 e. The lowest BCUT2D eigenvalue weighted by Crippen LogP contribution is -2.38. The summed E-state index contributed by atoms with van der Waals surface area (Å²) in [5.74, 6) is -2.80. The maximum absolute atomic E-state index is 12.3. The summed E-state index contributed by atoms with van der Waals surface area (Å²) in [5, 5.41) is 8.67. The molecule has 2 rings (SSSR count). The Kier molecular flexibility index (Phi) is 6.01. The second kappa shape index (κ2) is 7.99. The maximum atomic E-state index is 12.3. The van der Waals surface area contributed by atoms with E-state index >= 15 is 0 Å². The van der Waals surface area contributed by atoms with Crippen LogP contribution in [-0.2, 0) is 19.1 Å². The molecule has 0 bridgehead atoms. The van der Waals surface area contributed by atoms with Gasteiger partial charge in [0.05, 0.1) is 6.10 Å². The second-order valence-corrected chi connectivity index (χ2v) is 5.95. The first kappa shape index (κ1) is 17.3. The minimum Gasteiger partial charge on any atom is -0.480 e. The van der Waals surface area contributed by atoms with Crippen molar-refractivity contribution in [2.45, 2.75) is 12.5 Å². The van der Waals surface area contributed by atoms with Crippen LogP contribution in [0.3, 0.4) is 0 Å². The van der Waals surface area contributed by atoms with Crippen LogP contribution in [0.4, 0.5) is 0 Å². The number of ketones is 2. The van der Waals surface area contributed by atoms with Gasteiger partial charge in [-0.1, -0.05) is 46.3 Å². The van der Waals surface area contributed by atoms with Crippen molar-refractivity contribution in [1.82, 2.24) is 0 Å². The number of carboxylic acid groups (broad SMARTS) is 1. The largest absolute Gasteiger partial charge is 0.480 e. The first-order valence-electron chi connectivity index (χ1n) is 6.97. The van der Waals surface area contributed by atoms with Gasteiger partial charge in [0.25, 0.3) is 0 Å². The SMILES string of the molecule is O=C(O)COC1C=CCC(=O)C1C(=O)C=Cc1ccc(Br)cc1. The summed E-state index contributed by atoms with van der Waals surface area (Å²) < 4.78 is 6.07. The van der Waals surface area contributed by atoms with Crippen LogP contribution in [0.2, 0.25) is 0 Å². The van der Waals surface area contributed by atoms with Gasteiger partial charge in [-0.3, -0.25) is 9.59 Å². The van der Waals surface area contributed by atoms with E-state index in [9.17, 15) is 14.4 Å². The van der Waals surface area contributed by atoms with Crippen LogP contribution in [0.25, 0.3) is 6.08 Å². The van der Waals surface area contributed by atoms with Gasteiger partial charge in [-0.2, -0.15) is 0 Å². The van der Waals surface area contributed by atoms with E-state index in [0.29, 0.717) is 0 Å². The van der Waals surface area contributed by atoms with Crippen molar-refractivity contribution in [3.8, 4) is 0 Å². The van der Waals surface area contributed by atoms with Gasteiger partial charge in [0.15, 0.2) is 5.78 Å². The summed E-state index contributed by atoms with van der Waals surface area (Å²) >= 11 is 3.32. The Labute approximate surface area is 141 Å². The molecule has 0 amide bonds. The standard InChI is InChI=1S/C17H15BrO5/c18-12-7-4-11(5-8-12)6-9-14(20)17-13(19)2-1-3-15(17)23-10-16(21)22/h1,3-9,15,17H,2,10H2,(H,21,22). The van der Waals surface area contributed by atoms with Crippen molar-refractivity contribution in [2.24, 2.45) is 5.92 Å². The third-order valence-corrected chi connectivity index (χ3v) is 3.86. The Morgan fingerprint density at radius 3 is 2.65 bits per heavy atom. The van der Waals surface area contributed by atoms with E-state index in [1.807, 2.05) is 24.3 Å². The molecule has 0 fully saturated rings. The average Bonchev–Trinajstić information content (AvgIpc) is 2.52. The number of rotatable bonds is 6. The molecule has 0 saturated carbocycles. The van der Waals surface area contributed by atoms with E-state index in [2.05, 4.69) is 15.9 Å². The van der Waals surface area contributed by atoms with Crippen molar-refractivity contribution in [3.05, 3.63) is 52.5 Å². The fraction of sp³-hybridized carbons (Fsp3) is 0.235. The topological polar surface area (TPSA) is 80.7 Å². The zero-order chi connectivity index (χ0) is 16.8. The molecule has 0 radical (unpaired) electrons. The minimum absolute atomic E-state index is 0.148. The Balaban J connectivity index is 2.10. The Hall–Kier alpha value is -2.05. The van der Waals surface area contributed by atoms with Crippen molar-refractivity contribution in [1.29, 1.82) is 0 Å². The molecule has 2 unspecified atom stereocenters. The van der Waals surface area contributed by atoms with E-state index in [4.69, 9.17) is 9.84 Å². The van der Waals surface area contributed by atoms with Crippen LogP contribution < -0.4 is 0 Å². The molecule has 1 aromatic rings. The number of Topliss-reactive ketones (excluding diaryl/α,β-unsaturated/α-hetero) is 1. The number of hydrogen-bond donors (Lipinski definition) is 1. The van der Waals surface area contributed by atoms with Gasteiger partial charge < -0.3 is 9.84 Å². The molecule has 0 saturated heterocycles. The lowest BCUT2D eigenvalue weighted by Gasteiger charge is -2.24. The highest BCUT2D eigenvalue weighted by atomic mass is 79.9. The number of ether oxygens (including phenoxy) is 1. The molecule has 0 aliphatic heterocycles. The third-order valence-electron chi connectivity index (χ3n) is 3.34. The zero-order valence-electron chi connectivity index (χ0n) is 12.1. The molecular weight excluding hydrogens is 364 g/mol. The van der Waals surface area contributed by atoms with Crippen LogP contribution in [0.15, 0.2) is 47.0 Å². The molecule has 6 heteroatoms. The van der Waals surface area contributed by atoms with Crippen molar-refractivity contribution in [3.63, 3.8) is 0 Å². The van der Waals surface area contributed by atoms with Crippen LogP contribution in [0.5, 0.6) is 0 Å². The summed E-state index contributed by atoms with van der Waals surface area (Å²) in [5.41, 5.74) is 0.823. The van der Waals surface area contributed by atoms with Crippen molar-refractivity contribution < 1.29 is 24.2 Å². The minimum atomic E-state index is -1.15. The van der Waals surface area contributed by atoms with Gasteiger partial charge in [0, 0.05) is 10.9 Å². The molecule has 23 heavy (non-hydrogen) atoms. The third kappa shape index (κ3) is 4.97. The van der Waals surface area contributed by atoms with Gasteiger partial charge >= 0.3 is 5.97 Å². The number of aliphatic carboxylic acids is 1. The molecule has 1 aromatic carbocycles. The molecule has 5 nitrogen and oxygen atoms in total. The first-order chi connectivity index (χ1) is 11.0. The number of carbonyl (C=O) groups excluding carboxylic acids is 2. The highest BCUT2D eigenvalue weighted by Gasteiger charge is 2.34. The summed E-state index contributed by atoms with van der Waals surface area (Å²) in [6.07, 6.45) is 5.43. The Bertz CT molecular complexity index is 660. The molecular formula is C17H15BrO5. The van der Waals surface area contributed by atoms with Crippen LogP contribution in [0.1, 0.15) is 12.0 Å². The van der Waals surface area contributed by atoms with Crippen molar-refractivity contribution in [2.75, 3.05) is 6.61 Å². The lowest BCUT2D eigenvalue weighted by molar-refractivity contribution is -0.148. The highest BCUT2D eigenvalue weighted by molar-refractivity contribution is 9.10. The normalized spacial score (nSPS) is 20.8. The Morgan fingerprint density at radius 1 is 1.30 bits per heavy atom. The number of allylic oxidation sites excluding steroid dienone is 2. The van der Waals surface area contributed by atoms with E-state index in [1.165, 1.54) is 6.08 Å². The Morgan fingerprint density at radius 2 is 2.00 bits per heavy atom. The monoisotopic (exact) mass is 378 g/mol. The molecule has 0 aromatic heterocycles. The molecule has 120 valence electrons. The number of benzene rings is 1. The maximum Gasteiger partial charge on any atom is 0.329 e. The molecule has 1 aliphatic rings. The molecule has 1 aliphatic carbocycles. The molecule has 1 N–H and O–H groups in total. The van der Waals surface area contributed by atoms with Gasteiger partial charge in [-0.15, -0.1) is 0 Å². The summed E-state index contributed by atoms with van der Waals surface area (Å²) in [4.78, 5) is 34.9. The summed E-state index contributed by atoms with van der Waals surface area (Å²) in [6.45, 7) is -0.553. The number of halogens is 1. The summed E-state index contributed by atoms with van der Waals surface area (Å²) in [7, 11) is 0. The van der Waals surface area contributed by atoms with E-state index in [0.717, 1.165) is 10.0 Å². The highest BCUT2D eigenvalue weighted by Crippen LogP contribution is 2.21. The predicted octanol–water partition coefficient (Wildman–Crippen LogP) is 2.65. The first-order valence-corrected chi connectivity index (χ1v) is 7.77. The van der Waals surface area contributed by atoms with E-state index < -0.39 is 30.4 Å². The quantitative estimate of drug-likeness (QED) is 0.467. The predicted molar refractivity (Wildman–Crippen MR) is 87.8 cm³/mol. The van der Waals surface area contributed by atoms with E-state index in [-0.39, 0.29) is 12.2 Å². The molecule has 2 atom stereocenters. The zero-order valence-corrected chi connectivity index (χ0v) is 13.7. The molecule has 0 spiro atoms. The van der Waals surface area contributed by atoms with Crippen LogP contribution in [0, 0.1) is 5.92 Å².